The number of benzene rings is 3. The lowest BCUT2D eigenvalue weighted by Gasteiger charge is -2.21. The number of aliphatic hydroxyl groups excluding tert-OH is 2. The van der Waals surface area contributed by atoms with Gasteiger partial charge < -0.3 is 24.8 Å². The van der Waals surface area contributed by atoms with E-state index in [0.29, 0.717) is 17.1 Å². The smallest absolute Gasteiger partial charge is 0.332 e. The number of hydrogen-bond donors (Lipinski definition) is 3. The molecular formula is C24H24O6. The molecule has 3 aromatic carbocycles. The first-order chi connectivity index (χ1) is 14.5. The van der Waals surface area contributed by atoms with Crippen molar-refractivity contribution in [3.8, 4) is 11.5 Å². The largest absolute Gasteiger partial charge is 0.488 e. The van der Waals surface area contributed by atoms with Gasteiger partial charge in [-0.3, -0.25) is 0 Å². The van der Waals surface area contributed by atoms with Crippen LogP contribution in [0.5, 0.6) is 11.5 Å². The third-order valence-corrected chi connectivity index (χ3v) is 4.57. The fraction of sp³-hybridized carbons (Fsp3) is 0.208. The Kier molecular flexibility index (Phi) is 7.43. The topological polar surface area (TPSA) is 96.2 Å². The van der Waals surface area contributed by atoms with Gasteiger partial charge in [-0.15, -0.1) is 0 Å². The molecular weight excluding hydrogens is 384 g/mol. The zero-order valence-electron chi connectivity index (χ0n) is 16.3. The number of carboxylic acids is 1. The zero-order valence-corrected chi connectivity index (χ0v) is 16.3. The van der Waals surface area contributed by atoms with Crippen molar-refractivity contribution in [2.45, 2.75) is 31.8 Å². The van der Waals surface area contributed by atoms with Crippen molar-refractivity contribution in [3.05, 3.63) is 95.6 Å². The van der Waals surface area contributed by atoms with Gasteiger partial charge in [0.2, 0.25) is 0 Å². The summed E-state index contributed by atoms with van der Waals surface area (Å²) in [6, 6.07) is 24.2. The molecule has 0 aromatic heterocycles. The second-order valence-electron chi connectivity index (χ2n) is 6.82. The standard InChI is InChI=1S/C24H24O6/c25-19(14-20(26)24(27)28)23-21(29-15-17-8-3-1-4-9-17)12-7-13-22(23)30-16-18-10-5-2-6-11-18/h1-13,19-20,25-26H,14-16H2,(H,27,28). The van der Waals surface area contributed by atoms with Crippen LogP contribution in [0.2, 0.25) is 0 Å². The predicted octanol–water partition coefficient (Wildman–Crippen LogP) is 3.71. The van der Waals surface area contributed by atoms with Crippen molar-refractivity contribution in [3.63, 3.8) is 0 Å². The van der Waals surface area contributed by atoms with E-state index in [1.54, 1.807) is 18.2 Å². The summed E-state index contributed by atoms with van der Waals surface area (Å²) in [4.78, 5) is 11.0. The molecule has 2 atom stereocenters. The maximum absolute atomic E-state index is 11.0. The SMILES string of the molecule is O=C(O)C(O)CC(O)c1c(OCc2ccccc2)cccc1OCc1ccccc1. The molecule has 0 fully saturated rings. The average Bonchev–Trinajstić information content (AvgIpc) is 2.77. The molecule has 0 spiro atoms. The first-order valence-corrected chi connectivity index (χ1v) is 9.60. The van der Waals surface area contributed by atoms with E-state index in [2.05, 4.69) is 0 Å². The van der Waals surface area contributed by atoms with Gasteiger partial charge in [-0.05, 0) is 23.3 Å². The number of aliphatic hydroxyl groups is 2. The fourth-order valence-electron chi connectivity index (χ4n) is 3.00. The molecule has 3 rings (SSSR count). The molecule has 156 valence electrons. The van der Waals surface area contributed by atoms with Crippen molar-refractivity contribution in [1.29, 1.82) is 0 Å². The molecule has 0 aliphatic carbocycles. The molecule has 0 bridgehead atoms. The van der Waals surface area contributed by atoms with Gasteiger partial charge in [0.1, 0.15) is 24.7 Å². The molecule has 0 aliphatic heterocycles. The number of aliphatic carboxylic acids is 1. The molecule has 0 heterocycles. The summed E-state index contributed by atoms with van der Waals surface area (Å²) < 4.78 is 11.8. The third-order valence-electron chi connectivity index (χ3n) is 4.57. The minimum Gasteiger partial charge on any atom is -0.488 e. The zero-order chi connectivity index (χ0) is 21.3. The lowest BCUT2D eigenvalue weighted by atomic mass is 10.0. The summed E-state index contributed by atoms with van der Waals surface area (Å²) in [5, 5.41) is 29.4. The highest BCUT2D eigenvalue weighted by Crippen LogP contribution is 2.37. The molecule has 0 saturated heterocycles. The van der Waals surface area contributed by atoms with Crippen molar-refractivity contribution < 1.29 is 29.6 Å². The number of carboxylic acid groups (broad SMARTS) is 1. The first-order valence-electron chi connectivity index (χ1n) is 9.60. The Hall–Kier alpha value is -3.35. The van der Waals surface area contributed by atoms with Crippen LogP contribution in [0, 0.1) is 0 Å². The van der Waals surface area contributed by atoms with E-state index in [-0.39, 0.29) is 19.6 Å². The van der Waals surface area contributed by atoms with Crippen molar-refractivity contribution in [2.75, 3.05) is 0 Å². The molecule has 30 heavy (non-hydrogen) atoms. The second kappa shape index (κ2) is 10.4. The molecule has 3 aromatic rings. The molecule has 2 unspecified atom stereocenters. The van der Waals surface area contributed by atoms with E-state index < -0.39 is 18.2 Å². The van der Waals surface area contributed by atoms with Crippen molar-refractivity contribution in [1.82, 2.24) is 0 Å². The molecule has 3 N–H and O–H groups in total. The van der Waals surface area contributed by atoms with E-state index in [0.717, 1.165) is 11.1 Å². The number of ether oxygens (including phenoxy) is 2. The first kappa shape index (κ1) is 21.4. The molecule has 0 amide bonds. The Morgan fingerprint density at radius 1 is 0.733 bits per heavy atom. The van der Waals surface area contributed by atoms with E-state index in [1.807, 2.05) is 60.7 Å². The lowest BCUT2D eigenvalue weighted by molar-refractivity contribution is -0.148. The van der Waals surface area contributed by atoms with Gasteiger partial charge in [-0.1, -0.05) is 66.7 Å². The predicted molar refractivity (Wildman–Crippen MR) is 111 cm³/mol. The van der Waals surface area contributed by atoms with Gasteiger partial charge in [-0.25, -0.2) is 4.79 Å². The minimum absolute atomic E-state index is 0.268. The monoisotopic (exact) mass is 408 g/mol. The van der Waals surface area contributed by atoms with Crippen molar-refractivity contribution in [2.24, 2.45) is 0 Å². The van der Waals surface area contributed by atoms with Crippen LogP contribution < -0.4 is 9.47 Å². The summed E-state index contributed by atoms with van der Waals surface area (Å²) in [5.41, 5.74) is 2.20. The Morgan fingerprint density at radius 3 is 1.63 bits per heavy atom. The summed E-state index contributed by atoms with van der Waals surface area (Å²) in [6.07, 6.45) is -3.37. The van der Waals surface area contributed by atoms with Crippen LogP contribution in [0.25, 0.3) is 0 Å². The normalized spacial score (nSPS) is 12.7. The van der Waals surface area contributed by atoms with Crippen LogP contribution in [0.15, 0.2) is 78.9 Å². The highest BCUT2D eigenvalue weighted by Gasteiger charge is 2.25. The maximum Gasteiger partial charge on any atom is 0.332 e. The summed E-state index contributed by atoms with van der Waals surface area (Å²) in [6.45, 7) is 0.536. The minimum atomic E-state index is -1.70. The van der Waals surface area contributed by atoms with Crippen LogP contribution >= 0.6 is 0 Å². The second-order valence-corrected chi connectivity index (χ2v) is 6.82. The van der Waals surface area contributed by atoms with Crippen molar-refractivity contribution >= 4 is 5.97 Å². The van der Waals surface area contributed by atoms with Gasteiger partial charge in [0.25, 0.3) is 0 Å². The average molecular weight is 408 g/mol. The number of rotatable bonds is 10. The van der Waals surface area contributed by atoms with Crippen LogP contribution in [0.4, 0.5) is 0 Å². The van der Waals surface area contributed by atoms with Crippen LogP contribution in [-0.4, -0.2) is 27.4 Å². The maximum atomic E-state index is 11.0. The fourth-order valence-corrected chi connectivity index (χ4v) is 3.00. The number of hydrogen-bond acceptors (Lipinski definition) is 5. The summed E-state index contributed by atoms with van der Waals surface area (Å²) in [7, 11) is 0. The van der Waals surface area contributed by atoms with E-state index in [4.69, 9.17) is 14.6 Å². The van der Waals surface area contributed by atoms with Gasteiger partial charge in [0.15, 0.2) is 6.10 Å². The molecule has 6 heteroatoms. The van der Waals surface area contributed by atoms with Gasteiger partial charge >= 0.3 is 5.97 Å². The van der Waals surface area contributed by atoms with Crippen LogP contribution in [-0.2, 0) is 18.0 Å². The van der Waals surface area contributed by atoms with Crippen LogP contribution in [0.3, 0.4) is 0 Å². The van der Waals surface area contributed by atoms with Gasteiger partial charge in [0, 0.05) is 6.42 Å². The highest BCUT2D eigenvalue weighted by atomic mass is 16.5. The van der Waals surface area contributed by atoms with E-state index >= 15 is 0 Å². The highest BCUT2D eigenvalue weighted by molar-refractivity contribution is 5.72. The molecule has 0 saturated carbocycles. The molecule has 6 nitrogen and oxygen atoms in total. The number of carbonyl (C=O) groups is 1. The van der Waals surface area contributed by atoms with Gasteiger partial charge in [-0.2, -0.15) is 0 Å². The quantitative estimate of drug-likeness (QED) is 0.473. The van der Waals surface area contributed by atoms with E-state index in [1.165, 1.54) is 0 Å². The third kappa shape index (κ3) is 5.83. The Morgan fingerprint density at radius 2 is 1.20 bits per heavy atom. The Labute approximate surface area is 175 Å². The summed E-state index contributed by atoms with van der Waals surface area (Å²) in [5.74, 6) is -0.660. The van der Waals surface area contributed by atoms with Gasteiger partial charge in [0.05, 0.1) is 11.7 Å². The van der Waals surface area contributed by atoms with E-state index in [9.17, 15) is 15.0 Å². The molecule has 0 radical (unpaired) electrons. The summed E-state index contributed by atoms with van der Waals surface area (Å²) >= 11 is 0. The molecule has 0 aliphatic rings. The Balaban J connectivity index is 1.85. The Bertz CT molecular complexity index is 881. The lowest BCUT2D eigenvalue weighted by Crippen LogP contribution is -2.22. The van der Waals surface area contributed by atoms with Crippen LogP contribution in [0.1, 0.15) is 29.2 Å².